The van der Waals surface area contributed by atoms with Gasteiger partial charge in [-0.3, -0.25) is 9.59 Å². The molecule has 0 saturated carbocycles. The summed E-state index contributed by atoms with van der Waals surface area (Å²) in [6, 6.07) is 18.9. The normalized spacial score (nSPS) is 10.9. The number of para-hydroxylation sites is 1. The topological polar surface area (TPSA) is 88.6 Å². The van der Waals surface area contributed by atoms with Crippen LogP contribution in [0.25, 0.3) is 28.1 Å². The third kappa shape index (κ3) is 4.02. The molecule has 2 heterocycles. The molecular weight excluding hydrogens is 388 g/mol. The number of rotatable bonds is 6. The molecule has 31 heavy (non-hydrogen) atoms. The number of fused-ring (bicyclic) bond motifs is 1. The number of allylic oxidation sites excluding steroid dienone is 1. The van der Waals surface area contributed by atoms with Crippen LogP contribution in [0.2, 0.25) is 0 Å². The summed E-state index contributed by atoms with van der Waals surface area (Å²) < 4.78 is 1.51. The molecule has 6 nitrogen and oxygen atoms in total. The van der Waals surface area contributed by atoms with E-state index in [1.165, 1.54) is 17.0 Å². The molecule has 0 aliphatic carbocycles. The number of hydrogen-bond acceptors (Lipinski definition) is 5. The van der Waals surface area contributed by atoms with Crippen molar-refractivity contribution in [3.8, 4) is 17.2 Å². The molecule has 4 aromatic rings. The number of pyridine rings is 1. The smallest absolute Gasteiger partial charge is 0.262 e. The van der Waals surface area contributed by atoms with Crippen LogP contribution < -0.4 is 5.56 Å². The molecule has 0 saturated heterocycles. The fourth-order valence-electron chi connectivity index (χ4n) is 3.58. The molecule has 0 fully saturated rings. The maximum atomic E-state index is 13.5. The highest BCUT2D eigenvalue weighted by Crippen LogP contribution is 2.31. The minimum Gasteiger partial charge on any atom is -0.307 e. The molecule has 0 unspecified atom stereocenters. The molecule has 0 radical (unpaired) electrons. The Kier molecular flexibility index (Phi) is 5.77. The lowest BCUT2D eigenvalue weighted by atomic mass is 9.93. The summed E-state index contributed by atoms with van der Waals surface area (Å²) in [5, 5.41) is 9.84. The van der Waals surface area contributed by atoms with Gasteiger partial charge in [-0.05, 0) is 23.8 Å². The van der Waals surface area contributed by atoms with Crippen LogP contribution in [-0.4, -0.2) is 20.3 Å². The van der Waals surface area contributed by atoms with Gasteiger partial charge in [0.1, 0.15) is 6.33 Å². The second kappa shape index (κ2) is 8.97. The second-order valence-electron chi connectivity index (χ2n) is 6.87. The highest BCUT2D eigenvalue weighted by atomic mass is 16.1. The summed E-state index contributed by atoms with van der Waals surface area (Å²) in [5.41, 5.74) is 2.39. The van der Waals surface area contributed by atoms with Crippen molar-refractivity contribution in [3.05, 3.63) is 101 Å². The van der Waals surface area contributed by atoms with Crippen LogP contribution in [0.15, 0.2) is 84.2 Å². The first-order chi connectivity index (χ1) is 15.2. The summed E-state index contributed by atoms with van der Waals surface area (Å²) in [6.45, 7) is 0.210. The Morgan fingerprint density at radius 1 is 1.03 bits per heavy atom. The van der Waals surface area contributed by atoms with E-state index in [-0.39, 0.29) is 18.5 Å². The Labute approximate surface area is 178 Å². The Morgan fingerprint density at radius 3 is 2.48 bits per heavy atom. The summed E-state index contributed by atoms with van der Waals surface area (Å²) in [4.78, 5) is 34.7. The Morgan fingerprint density at radius 2 is 1.74 bits per heavy atom. The fourth-order valence-corrected chi connectivity index (χ4v) is 3.58. The van der Waals surface area contributed by atoms with Crippen LogP contribution in [0.1, 0.15) is 22.3 Å². The minimum absolute atomic E-state index is 0.0796. The van der Waals surface area contributed by atoms with Crippen molar-refractivity contribution in [2.75, 3.05) is 0 Å². The van der Waals surface area contributed by atoms with Gasteiger partial charge < -0.3 is 4.57 Å². The van der Waals surface area contributed by atoms with E-state index in [1.54, 1.807) is 18.5 Å². The number of carbonyl (C=O) groups is 1. The molecule has 6 heteroatoms. The van der Waals surface area contributed by atoms with E-state index in [1.807, 2.05) is 54.6 Å². The average molecular weight is 406 g/mol. The Bertz CT molecular complexity index is 1370. The van der Waals surface area contributed by atoms with Gasteiger partial charge in [-0.25, -0.2) is 9.97 Å². The molecular formula is C25H18N4O2. The summed E-state index contributed by atoms with van der Waals surface area (Å²) in [5.74, 6) is -0.413. The summed E-state index contributed by atoms with van der Waals surface area (Å²) >= 11 is 0. The van der Waals surface area contributed by atoms with Gasteiger partial charge >= 0.3 is 0 Å². The van der Waals surface area contributed by atoms with Crippen LogP contribution in [0, 0.1) is 11.3 Å². The molecule has 0 aliphatic rings. The number of nitriles is 1. The standard InChI is InChI=1S/C25H18N4O2/c26-13-6-14-29-21-10-5-4-9-20(21)23(19-7-2-1-3-8-19)24(25(29)31)22(30)12-11-18-15-27-17-28-16-18/h1-5,7-12,15-17H,6,14H2/b12-11+. The zero-order valence-corrected chi connectivity index (χ0v) is 16.6. The lowest BCUT2D eigenvalue weighted by Crippen LogP contribution is -2.27. The highest BCUT2D eigenvalue weighted by molar-refractivity contribution is 6.15. The van der Waals surface area contributed by atoms with Gasteiger partial charge in [0, 0.05) is 35.5 Å². The maximum Gasteiger partial charge on any atom is 0.262 e. The number of nitrogens with zero attached hydrogens (tertiary/aromatic N) is 4. The Balaban J connectivity index is 1.99. The van der Waals surface area contributed by atoms with E-state index in [4.69, 9.17) is 5.26 Å². The van der Waals surface area contributed by atoms with Crippen LogP contribution in [0.3, 0.4) is 0 Å². The second-order valence-corrected chi connectivity index (χ2v) is 6.87. The predicted molar refractivity (Wildman–Crippen MR) is 119 cm³/mol. The number of carbonyl (C=O) groups excluding carboxylic acids is 1. The zero-order chi connectivity index (χ0) is 21.6. The molecule has 0 N–H and O–H groups in total. The van der Waals surface area contributed by atoms with Crippen LogP contribution in [-0.2, 0) is 6.54 Å². The van der Waals surface area contributed by atoms with Crippen molar-refractivity contribution in [1.82, 2.24) is 14.5 Å². The monoisotopic (exact) mass is 406 g/mol. The van der Waals surface area contributed by atoms with E-state index in [0.717, 1.165) is 10.9 Å². The van der Waals surface area contributed by atoms with Crippen molar-refractivity contribution in [3.63, 3.8) is 0 Å². The van der Waals surface area contributed by atoms with Crippen LogP contribution >= 0.6 is 0 Å². The number of ketones is 1. The van der Waals surface area contributed by atoms with Crippen molar-refractivity contribution in [2.45, 2.75) is 13.0 Å². The third-order valence-electron chi connectivity index (χ3n) is 4.94. The quantitative estimate of drug-likeness (QED) is 0.352. The maximum absolute atomic E-state index is 13.5. The van der Waals surface area contributed by atoms with Gasteiger partial charge in [0.05, 0.1) is 23.6 Å². The van der Waals surface area contributed by atoms with Gasteiger partial charge in [-0.1, -0.05) is 48.5 Å². The van der Waals surface area contributed by atoms with Crippen molar-refractivity contribution < 1.29 is 4.79 Å². The van der Waals surface area contributed by atoms with Gasteiger partial charge in [0.2, 0.25) is 0 Å². The van der Waals surface area contributed by atoms with E-state index >= 15 is 0 Å². The van der Waals surface area contributed by atoms with Crippen molar-refractivity contribution in [1.29, 1.82) is 5.26 Å². The molecule has 2 aromatic heterocycles. The first-order valence-corrected chi connectivity index (χ1v) is 9.76. The molecule has 0 atom stereocenters. The van der Waals surface area contributed by atoms with Crippen LogP contribution in [0.5, 0.6) is 0 Å². The van der Waals surface area contributed by atoms with Crippen LogP contribution in [0.4, 0.5) is 0 Å². The van der Waals surface area contributed by atoms with Crippen molar-refractivity contribution in [2.24, 2.45) is 0 Å². The van der Waals surface area contributed by atoms with E-state index in [2.05, 4.69) is 16.0 Å². The Hall–Kier alpha value is -4.37. The molecule has 0 aliphatic heterocycles. The van der Waals surface area contributed by atoms with E-state index in [0.29, 0.717) is 16.6 Å². The number of hydrogen-bond donors (Lipinski definition) is 0. The number of aromatic nitrogens is 3. The molecule has 4 rings (SSSR count). The zero-order valence-electron chi connectivity index (χ0n) is 16.6. The van der Waals surface area contributed by atoms with E-state index in [9.17, 15) is 9.59 Å². The van der Waals surface area contributed by atoms with Gasteiger partial charge in [0.15, 0.2) is 5.78 Å². The third-order valence-corrected chi connectivity index (χ3v) is 4.94. The van der Waals surface area contributed by atoms with Crippen molar-refractivity contribution >= 4 is 22.8 Å². The first kappa shape index (κ1) is 19.9. The molecule has 0 amide bonds. The first-order valence-electron chi connectivity index (χ1n) is 9.76. The highest BCUT2D eigenvalue weighted by Gasteiger charge is 2.21. The lowest BCUT2D eigenvalue weighted by molar-refractivity contribution is 0.104. The fraction of sp³-hybridized carbons (Fsp3) is 0.0800. The molecule has 2 aromatic carbocycles. The molecule has 0 bridgehead atoms. The molecule has 150 valence electrons. The van der Waals surface area contributed by atoms with E-state index < -0.39 is 11.3 Å². The molecule has 0 spiro atoms. The summed E-state index contributed by atoms with van der Waals surface area (Å²) in [6.07, 6.45) is 7.70. The predicted octanol–water partition coefficient (Wildman–Crippen LogP) is 4.27. The van der Waals surface area contributed by atoms with Gasteiger partial charge in [0.25, 0.3) is 5.56 Å². The SMILES string of the molecule is N#CCCn1c(=O)c(C(=O)/C=C/c2cncnc2)c(-c2ccccc2)c2ccccc21. The largest absolute Gasteiger partial charge is 0.307 e. The number of benzene rings is 2. The lowest BCUT2D eigenvalue weighted by Gasteiger charge is -2.16. The van der Waals surface area contributed by atoms with Gasteiger partial charge in [-0.2, -0.15) is 5.26 Å². The number of aryl methyl sites for hydroxylation is 1. The van der Waals surface area contributed by atoms with Gasteiger partial charge in [-0.15, -0.1) is 0 Å². The summed E-state index contributed by atoms with van der Waals surface area (Å²) in [7, 11) is 0. The minimum atomic E-state index is -0.413. The average Bonchev–Trinajstić information content (AvgIpc) is 2.82.